The summed E-state index contributed by atoms with van der Waals surface area (Å²) in [6, 6.07) is 7.02. The van der Waals surface area contributed by atoms with E-state index in [9.17, 15) is 14.4 Å². The summed E-state index contributed by atoms with van der Waals surface area (Å²) in [7, 11) is 2.53. The van der Waals surface area contributed by atoms with Crippen molar-refractivity contribution in [2.75, 3.05) is 31.0 Å². The van der Waals surface area contributed by atoms with Gasteiger partial charge in [-0.25, -0.2) is 4.79 Å². The fourth-order valence-electron chi connectivity index (χ4n) is 1.96. The van der Waals surface area contributed by atoms with Crippen molar-refractivity contribution in [3.63, 3.8) is 0 Å². The van der Waals surface area contributed by atoms with Gasteiger partial charge in [-0.15, -0.1) is 23.1 Å². The predicted octanol–water partition coefficient (Wildman–Crippen LogP) is 2.94. The first kappa shape index (κ1) is 19.8. The quantitative estimate of drug-likeness (QED) is 0.573. The molecule has 26 heavy (non-hydrogen) atoms. The van der Waals surface area contributed by atoms with Crippen molar-refractivity contribution in [2.24, 2.45) is 0 Å². The Hall–Kier alpha value is -2.52. The summed E-state index contributed by atoms with van der Waals surface area (Å²) in [5.41, 5.74) is 7.90. The zero-order valence-corrected chi connectivity index (χ0v) is 16.1. The summed E-state index contributed by atoms with van der Waals surface area (Å²) < 4.78 is 9.85. The molecule has 1 aromatic heterocycles. The maximum Gasteiger partial charge on any atom is 0.350 e. The number of anilines is 2. The highest BCUT2D eigenvalue weighted by molar-refractivity contribution is 8.02. The largest absolute Gasteiger partial charge is 0.468 e. The van der Waals surface area contributed by atoms with Crippen molar-refractivity contribution in [3.05, 3.63) is 40.3 Å². The Bertz CT molecular complexity index is 830. The number of thiophene rings is 1. The first-order valence-electron chi connectivity index (χ1n) is 7.45. The van der Waals surface area contributed by atoms with Gasteiger partial charge in [0.2, 0.25) is 0 Å². The number of rotatable bonds is 6. The second-order valence-corrected chi connectivity index (χ2v) is 7.45. The third-order valence-corrected chi connectivity index (χ3v) is 5.81. The van der Waals surface area contributed by atoms with Gasteiger partial charge in [-0.3, -0.25) is 9.59 Å². The van der Waals surface area contributed by atoms with Crippen LogP contribution in [-0.4, -0.2) is 37.8 Å². The molecule has 0 atom stereocenters. The Morgan fingerprint density at radius 2 is 1.81 bits per heavy atom. The van der Waals surface area contributed by atoms with Crippen molar-refractivity contribution in [3.8, 4) is 0 Å². The van der Waals surface area contributed by atoms with Crippen LogP contribution < -0.4 is 11.1 Å². The molecule has 9 heteroatoms. The summed E-state index contributed by atoms with van der Waals surface area (Å²) in [5.74, 6) is -1.39. The van der Waals surface area contributed by atoms with E-state index in [-0.39, 0.29) is 27.9 Å². The lowest BCUT2D eigenvalue weighted by Crippen LogP contribution is -2.13. The molecule has 7 nitrogen and oxygen atoms in total. The molecule has 0 saturated carbocycles. The molecule has 0 aliphatic carbocycles. The topological polar surface area (TPSA) is 108 Å². The number of benzene rings is 1. The van der Waals surface area contributed by atoms with Gasteiger partial charge in [-0.05, 0) is 19.1 Å². The number of thioether (sulfide) groups is 1. The van der Waals surface area contributed by atoms with Crippen LogP contribution in [0.5, 0.6) is 0 Å². The van der Waals surface area contributed by atoms with Crippen molar-refractivity contribution in [1.29, 1.82) is 0 Å². The van der Waals surface area contributed by atoms with Crippen molar-refractivity contribution in [2.45, 2.75) is 11.1 Å². The van der Waals surface area contributed by atoms with Crippen LogP contribution in [0.25, 0.3) is 0 Å². The number of aryl methyl sites for hydroxylation is 1. The molecule has 3 N–H and O–H groups in total. The molecule has 0 aliphatic rings. The predicted molar refractivity (Wildman–Crippen MR) is 102 cm³/mol. The Balaban J connectivity index is 2.32. The number of amides is 1. The van der Waals surface area contributed by atoms with Crippen LogP contribution in [0, 0.1) is 6.92 Å². The molecule has 0 unspecified atom stereocenters. The average Bonchev–Trinajstić information content (AvgIpc) is 2.95. The van der Waals surface area contributed by atoms with Crippen LogP contribution in [-0.2, 0) is 14.3 Å². The summed E-state index contributed by atoms with van der Waals surface area (Å²) in [5, 5.41) is 2.72. The average molecular weight is 394 g/mol. The van der Waals surface area contributed by atoms with Gasteiger partial charge in [-0.2, -0.15) is 0 Å². The number of methoxy groups -OCH3 is 2. The summed E-state index contributed by atoms with van der Waals surface area (Å²) >= 11 is 2.18. The highest BCUT2D eigenvalue weighted by Gasteiger charge is 2.24. The lowest BCUT2D eigenvalue weighted by Gasteiger charge is -2.08. The third-order valence-electron chi connectivity index (χ3n) is 3.38. The van der Waals surface area contributed by atoms with Gasteiger partial charge in [0.1, 0.15) is 4.88 Å². The fourth-order valence-corrected chi connectivity index (χ4v) is 4.12. The molecule has 0 radical (unpaired) electrons. The lowest BCUT2D eigenvalue weighted by molar-refractivity contribution is -0.137. The zero-order chi connectivity index (χ0) is 19.3. The second-order valence-electron chi connectivity index (χ2n) is 5.18. The van der Waals surface area contributed by atoms with Crippen LogP contribution in [0.4, 0.5) is 11.4 Å². The van der Waals surface area contributed by atoms with Gasteiger partial charge in [-0.1, -0.05) is 17.7 Å². The first-order chi connectivity index (χ1) is 12.4. The van der Waals surface area contributed by atoms with Crippen LogP contribution in [0.2, 0.25) is 0 Å². The molecule has 2 aromatic rings. The van der Waals surface area contributed by atoms with E-state index in [1.807, 2.05) is 19.1 Å². The molecule has 1 aromatic carbocycles. The van der Waals surface area contributed by atoms with E-state index in [2.05, 4.69) is 10.1 Å². The number of hydrogen-bond acceptors (Lipinski definition) is 8. The normalized spacial score (nSPS) is 10.3. The van der Waals surface area contributed by atoms with E-state index >= 15 is 0 Å². The second kappa shape index (κ2) is 8.72. The maximum absolute atomic E-state index is 12.5. The number of hydrogen-bond donors (Lipinski definition) is 2. The Morgan fingerprint density at radius 3 is 2.38 bits per heavy atom. The summed E-state index contributed by atoms with van der Waals surface area (Å²) in [6.45, 7) is 1.92. The number of nitrogens with two attached hydrogens (primary N) is 1. The van der Waals surface area contributed by atoms with Crippen LogP contribution in [0.3, 0.4) is 0 Å². The standard InChI is InChI=1S/C17H18N2O5S2/c1-9-4-6-10(7-5-9)15(21)19-13-12(18)14(16(22)24-3)26-17(13)25-8-11(20)23-2/h4-7H,8,18H2,1-3H3,(H,19,21). The Labute approximate surface area is 158 Å². The van der Waals surface area contributed by atoms with Gasteiger partial charge >= 0.3 is 11.9 Å². The van der Waals surface area contributed by atoms with Gasteiger partial charge in [0.25, 0.3) is 5.91 Å². The van der Waals surface area contributed by atoms with Gasteiger partial charge < -0.3 is 20.5 Å². The molecule has 0 saturated heterocycles. The van der Waals surface area contributed by atoms with Gasteiger partial charge in [0.05, 0.1) is 35.6 Å². The van der Waals surface area contributed by atoms with Crippen LogP contribution >= 0.6 is 23.1 Å². The van der Waals surface area contributed by atoms with E-state index in [1.54, 1.807) is 12.1 Å². The molecular formula is C17H18N2O5S2. The lowest BCUT2D eigenvalue weighted by atomic mass is 10.1. The van der Waals surface area contributed by atoms with Crippen LogP contribution in [0.1, 0.15) is 25.6 Å². The number of carbonyl (C=O) groups is 3. The minimum Gasteiger partial charge on any atom is -0.468 e. The molecule has 1 heterocycles. The SMILES string of the molecule is COC(=O)CSc1sc(C(=O)OC)c(N)c1NC(=O)c1ccc(C)cc1. The minimum atomic E-state index is -0.608. The summed E-state index contributed by atoms with van der Waals surface area (Å²) in [4.78, 5) is 35.9. The number of nitrogens with one attached hydrogen (secondary N) is 1. The van der Waals surface area contributed by atoms with E-state index < -0.39 is 11.9 Å². The number of esters is 2. The van der Waals surface area contributed by atoms with Gasteiger partial charge in [0, 0.05) is 5.56 Å². The molecule has 0 spiro atoms. The fraction of sp³-hybridized carbons (Fsp3) is 0.235. The van der Waals surface area contributed by atoms with Crippen molar-refractivity contribution < 1.29 is 23.9 Å². The smallest absolute Gasteiger partial charge is 0.350 e. The van der Waals surface area contributed by atoms with Crippen LogP contribution in [0.15, 0.2) is 28.5 Å². The number of ether oxygens (including phenoxy) is 2. The molecule has 2 rings (SSSR count). The number of nitrogen functional groups attached to an aromatic ring is 1. The van der Waals surface area contributed by atoms with E-state index in [1.165, 1.54) is 14.2 Å². The highest BCUT2D eigenvalue weighted by Crippen LogP contribution is 2.43. The first-order valence-corrected chi connectivity index (χ1v) is 9.25. The Kier molecular flexibility index (Phi) is 6.64. The van der Waals surface area contributed by atoms with Crippen molar-refractivity contribution in [1.82, 2.24) is 0 Å². The summed E-state index contributed by atoms with van der Waals surface area (Å²) in [6.07, 6.45) is 0. The van der Waals surface area contributed by atoms with E-state index in [4.69, 9.17) is 10.5 Å². The third kappa shape index (κ3) is 4.55. The molecular weight excluding hydrogens is 376 g/mol. The van der Waals surface area contributed by atoms with E-state index in [0.717, 1.165) is 28.7 Å². The maximum atomic E-state index is 12.5. The number of carbonyl (C=O) groups excluding carboxylic acids is 3. The molecule has 0 aliphatic heterocycles. The van der Waals surface area contributed by atoms with E-state index in [0.29, 0.717) is 9.77 Å². The minimum absolute atomic E-state index is 0.0183. The molecule has 0 fully saturated rings. The molecule has 1 amide bonds. The highest BCUT2D eigenvalue weighted by atomic mass is 32.2. The molecule has 0 bridgehead atoms. The molecule has 138 valence electrons. The monoisotopic (exact) mass is 394 g/mol. The Morgan fingerprint density at radius 1 is 1.15 bits per heavy atom. The van der Waals surface area contributed by atoms with Gasteiger partial charge in [0.15, 0.2) is 0 Å². The zero-order valence-electron chi connectivity index (χ0n) is 14.5. The van der Waals surface area contributed by atoms with Crippen molar-refractivity contribution >= 4 is 52.3 Å².